The molecule has 0 bridgehead atoms. The summed E-state index contributed by atoms with van der Waals surface area (Å²) in [4.78, 5) is 0. The Kier molecular flexibility index (Phi) is 4.43. The molecular weight excluding hydrogens is 222 g/mol. The maximum absolute atomic E-state index is 6.39. The highest BCUT2D eigenvalue weighted by atomic mass is 16.5. The molecule has 0 amide bonds. The van der Waals surface area contributed by atoms with E-state index in [0.29, 0.717) is 0 Å². The van der Waals surface area contributed by atoms with Gasteiger partial charge in [-0.15, -0.1) is 0 Å². The number of hydrogen-bond donors (Lipinski definition) is 1. The summed E-state index contributed by atoms with van der Waals surface area (Å²) < 4.78 is 5.29. The molecule has 1 aliphatic carbocycles. The molecule has 0 saturated heterocycles. The van der Waals surface area contributed by atoms with E-state index in [-0.39, 0.29) is 6.04 Å². The molecule has 2 heteroatoms. The zero-order valence-corrected chi connectivity index (χ0v) is 11.4. The van der Waals surface area contributed by atoms with E-state index in [0.717, 1.165) is 17.7 Å². The van der Waals surface area contributed by atoms with Crippen LogP contribution in [0.4, 0.5) is 0 Å². The molecule has 18 heavy (non-hydrogen) atoms. The van der Waals surface area contributed by atoms with Crippen LogP contribution >= 0.6 is 0 Å². The second-order valence-electron chi connectivity index (χ2n) is 5.09. The zero-order valence-electron chi connectivity index (χ0n) is 11.4. The van der Waals surface area contributed by atoms with E-state index in [4.69, 9.17) is 10.5 Å². The van der Waals surface area contributed by atoms with E-state index in [2.05, 4.69) is 25.1 Å². The number of benzene rings is 1. The van der Waals surface area contributed by atoms with Gasteiger partial charge in [-0.25, -0.2) is 0 Å². The van der Waals surface area contributed by atoms with Crippen LogP contribution in [0.3, 0.4) is 0 Å². The summed E-state index contributed by atoms with van der Waals surface area (Å²) in [5.41, 5.74) is 10.1. The van der Waals surface area contributed by atoms with Crippen molar-refractivity contribution in [2.75, 3.05) is 7.11 Å². The molecule has 1 aliphatic rings. The first kappa shape index (κ1) is 13.2. The number of methoxy groups -OCH3 is 1. The van der Waals surface area contributed by atoms with Crippen LogP contribution in [0.25, 0.3) is 0 Å². The highest BCUT2D eigenvalue weighted by Gasteiger charge is 2.14. The summed E-state index contributed by atoms with van der Waals surface area (Å²) in [6.07, 6.45) is 8.57. The molecule has 1 aromatic carbocycles. The van der Waals surface area contributed by atoms with Crippen LogP contribution < -0.4 is 10.5 Å². The van der Waals surface area contributed by atoms with Crippen molar-refractivity contribution in [1.29, 1.82) is 0 Å². The number of ether oxygens (including phenoxy) is 1. The lowest BCUT2D eigenvalue weighted by Gasteiger charge is -2.17. The van der Waals surface area contributed by atoms with Gasteiger partial charge in [0.1, 0.15) is 5.75 Å². The lowest BCUT2D eigenvalue weighted by molar-refractivity contribution is 0.411. The van der Waals surface area contributed by atoms with Crippen LogP contribution in [0.2, 0.25) is 0 Å². The lowest BCUT2D eigenvalue weighted by Crippen LogP contribution is -2.13. The molecule has 0 aliphatic heterocycles. The van der Waals surface area contributed by atoms with Crippen molar-refractivity contribution >= 4 is 0 Å². The van der Waals surface area contributed by atoms with Crippen molar-refractivity contribution in [2.45, 2.75) is 45.1 Å². The van der Waals surface area contributed by atoms with E-state index in [1.165, 1.54) is 36.8 Å². The van der Waals surface area contributed by atoms with Gasteiger partial charge < -0.3 is 10.5 Å². The summed E-state index contributed by atoms with van der Waals surface area (Å²) in [5.74, 6) is 0.931. The van der Waals surface area contributed by atoms with Gasteiger partial charge in [0.05, 0.1) is 13.2 Å². The van der Waals surface area contributed by atoms with Gasteiger partial charge in [-0.05, 0) is 49.8 Å². The van der Waals surface area contributed by atoms with Crippen molar-refractivity contribution in [3.05, 3.63) is 41.0 Å². The molecule has 0 heterocycles. The largest absolute Gasteiger partial charge is 0.496 e. The number of hydrogen-bond acceptors (Lipinski definition) is 2. The molecular formula is C16H23NO. The van der Waals surface area contributed by atoms with Crippen molar-refractivity contribution in [3.63, 3.8) is 0 Å². The summed E-state index contributed by atoms with van der Waals surface area (Å²) in [6, 6.07) is 6.30. The molecule has 0 radical (unpaired) electrons. The average molecular weight is 245 g/mol. The summed E-state index contributed by atoms with van der Waals surface area (Å²) in [7, 11) is 1.70. The van der Waals surface area contributed by atoms with E-state index in [1.54, 1.807) is 7.11 Å². The standard InChI is InChI=1S/C16H23NO/c1-12-11-14(9-10-15(12)18-2)16(17)13-7-5-3-4-6-8-13/h7,9-11,16H,3-6,8,17H2,1-2H3. The number of nitrogens with two attached hydrogens (primary N) is 1. The van der Waals surface area contributed by atoms with Gasteiger partial charge in [-0.2, -0.15) is 0 Å². The Hall–Kier alpha value is -1.28. The van der Waals surface area contributed by atoms with Crippen molar-refractivity contribution in [3.8, 4) is 5.75 Å². The van der Waals surface area contributed by atoms with Crippen molar-refractivity contribution in [2.24, 2.45) is 5.73 Å². The van der Waals surface area contributed by atoms with Crippen molar-refractivity contribution < 1.29 is 4.74 Å². The van der Waals surface area contributed by atoms with Crippen LogP contribution in [-0.2, 0) is 0 Å². The number of rotatable bonds is 3. The minimum absolute atomic E-state index is 0.0488. The first-order valence-electron chi connectivity index (χ1n) is 6.81. The molecule has 2 rings (SSSR count). The first-order valence-corrected chi connectivity index (χ1v) is 6.81. The Bertz CT molecular complexity index is 437. The summed E-state index contributed by atoms with van der Waals surface area (Å²) >= 11 is 0. The minimum atomic E-state index is 0.0488. The van der Waals surface area contributed by atoms with Gasteiger partial charge in [-0.1, -0.05) is 30.2 Å². The molecule has 1 unspecified atom stereocenters. The Balaban J connectivity index is 2.19. The van der Waals surface area contributed by atoms with E-state index in [1.807, 2.05) is 6.07 Å². The molecule has 0 fully saturated rings. The topological polar surface area (TPSA) is 35.2 Å². The van der Waals surface area contributed by atoms with Crippen LogP contribution in [0.5, 0.6) is 5.75 Å². The van der Waals surface area contributed by atoms with E-state index < -0.39 is 0 Å². The third kappa shape index (κ3) is 2.94. The molecule has 0 spiro atoms. The normalized spacial score (nSPS) is 17.8. The van der Waals surface area contributed by atoms with Gasteiger partial charge in [0.2, 0.25) is 0 Å². The maximum Gasteiger partial charge on any atom is 0.121 e. The minimum Gasteiger partial charge on any atom is -0.496 e. The second kappa shape index (κ2) is 6.05. The predicted molar refractivity (Wildman–Crippen MR) is 75.8 cm³/mol. The fourth-order valence-corrected chi connectivity index (χ4v) is 2.63. The summed E-state index contributed by atoms with van der Waals surface area (Å²) in [6.45, 7) is 2.07. The smallest absolute Gasteiger partial charge is 0.121 e. The zero-order chi connectivity index (χ0) is 13.0. The molecule has 1 aromatic rings. The number of aryl methyl sites for hydroxylation is 1. The van der Waals surface area contributed by atoms with E-state index >= 15 is 0 Å². The Morgan fingerprint density at radius 2 is 2.06 bits per heavy atom. The Morgan fingerprint density at radius 1 is 1.22 bits per heavy atom. The molecule has 2 nitrogen and oxygen atoms in total. The summed E-state index contributed by atoms with van der Waals surface area (Å²) in [5, 5.41) is 0. The van der Waals surface area contributed by atoms with Gasteiger partial charge in [-0.3, -0.25) is 0 Å². The third-order valence-corrected chi connectivity index (χ3v) is 3.75. The van der Waals surface area contributed by atoms with Crippen LogP contribution in [0.15, 0.2) is 29.8 Å². The highest BCUT2D eigenvalue weighted by molar-refractivity contribution is 5.39. The molecule has 98 valence electrons. The maximum atomic E-state index is 6.39. The van der Waals surface area contributed by atoms with Gasteiger partial charge in [0, 0.05) is 0 Å². The Labute approximate surface area is 110 Å². The average Bonchev–Trinajstić information content (AvgIpc) is 2.66. The van der Waals surface area contributed by atoms with E-state index in [9.17, 15) is 0 Å². The fourth-order valence-electron chi connectivity index (χ4n) is 2.63. The van der Waals surface area contributed by atoms with Crippen LogP contribution in [-0.4, -0.2) is 7.11 Å². The van der Waals surface area contributed by atoms with Crippen LogP contribution in [0, 0.1) is 6.92 Å². The van der Waals surface area contributed by atoms with Gasteiger partial charge in [0.15, 0.2) is 0 Å². The second-order valence-corrected chi connectivity index (χ2v) is 5.09. The number of allylic oxidation sites excluding steroid dienone is 1. The molecule has 1 atom stereocenters. The van der Waals surface area contributed by atoms with Gasteiger partial charge >= 0.3 is 0 Å². The first-order chi connectivity index (χ1) is 8.72. The Morgan fingerprint density at radius 3 is 2.78 bits per heavy atom. The van der Waals surface area contributed by atoms with Crippen LogP contribution in [0.1, 0.15) is 49.3 Å². The quantitative estimate of drug-likeness (QED) is 0.820. The third-order valence-electron chi connectivity index (χ3n) is 3.75. The molecule has 0 saturated carbocycles. The monoisotopic (exact) mass is 245 g/mol. The molecule has 2 N–H and O–H groups in total. The molecule has 0 aromatic heterocycles. The highest BCUT2D eigenvalue weighted by Crippen LogP contribution is 2.29. The van der Waals surface area contributed by atoms with Gasteiger partial charge in [0.25, 0.3) is 0 Å². The van der Waals surface area contributed by atoms with Crippen molar-refractivity contribution in [1.82, 2.24) is 0 Å². The predicted octanol–water partition coefficient (Wildman–Crippen LogP) is 3.89. The lowest BCUT2D eigenvalue weighted by atomic mass is 9.95. The SMILES string of the molecule is COc1ccc(C(N)C2=CCCCCC2)cc1C. The fraction of sp³-hybridized carbons (Fsp3) is 0.500.